The highest BCUT2D eigenvalue weighted by Crippen LogP contribution is 2.41. The molecule has 2 aromatic rings. The minimum Gasteiger partial charge on any atom is -0.504 e. The summed E-state index contributed by atoms with van der Waals surface area (Å²) in [6.45, 7) is 2.44. The molecule has 6 nitrogen and oxygen atoms in total. The smallest absolute Gasteiger partial charge is 0.270 e. The molecule has 1 N–H and O–H groups in total. The molecule has 0 radical (unpaired) electrons. The van der Waals surface area contributed by atoms with Gasteiger partial charge in [-0.15, -0.1) is 0 Å². The lowest BCUT2D eigenvalue weighted by molar-refractivity contribution is -0.113. The fourth-order valence-corrected chi connectivity index (χ4v) is 4.06. The molecule has 2 aliphatic rings. The first-order valence-electron chi connectivity index (χ1n) is 8.20. The van der Waals surface area contributed by atoms with Crippen LogP contribution in [0.2, 0.25) is 0 Å². The maximum absolute atomic E-state index is 12.9. The molecule has 2 aliphatic heterocycles. The lowest BCUT2D eigenvalue weighted by atomic mass is 10.2. The van der Waals surface area contributed by atoms with E-state index < -0.39 is 0 Å². The number of phenolic OH excluding ortho intramolecular Hbond substituents is 1. The van der Waals surface area contributed by atoms with Gasteiger partial charge in [0.2, 0.25) is 6.79 Å². The third kappa shape index (κ3) is 3.33. The molecule has 2 aromatic carbocycles. The first kappa shape index (κ1) is 17.7. The van der Waals surface area contributed by atoms with Crippen molar-refractivity contribution < 1.29 is 24.1 Å². The Morgan fingerprint density at radius 1 is 1.26 bits per heavy atom. The molecule has 1 saturated heterocycles. The Kier molecular flexibility index (Phi) is 4.67. The first-order chi connectivity index (χ1) is 13.1. The van der Waals surface area contributed by atoms with Gasteiger partial charge < -0.3 is 19.3 Å². The number of thiocarbonyl (C=S) groups is 1. The van der Waals surface area contributed by atoms with Gasteiger partial charge >= 0.3 is 0 Å². The van der Waals surface area contributed by atoms with E-state index in [2.05, 4.69) is 0 Å². The topological polar surface area (TPSA) is 68.2 Å². The average molecular weight is 401 g/mol. The standard InChI is InChI=1S/C19H15NO5S2/c1-2-23-15-7-11(3-5-13(15)21)8-17-18(22)20(19(26)27-17)12-4-6-14-16(9-12)25-10-24-14/h3-9,21H,2,10H2,1H3/b17-8-. The Bertz CT molecular complexity index is 973. The number of hydrogen-bond donors (Lipinski definition) is 1. The first-order valence-corrected chi connectivity index (χ1v) is 9.42. The molecule has 8 heteroatoms. The number of ether oxygens (including phenoxy) is 3. The Morgan fingerprint density at radius 3 is 2.89 bits per heavy atom. The number of carbonyl (C=O) groups is 1. The molecule has 0 aromatic heterocycles. The van der Waals surface area contributed by atoms with Gasteiger partial charge in [-0.2, -0.15) is 0 Å². The lowest BCUT2D eigenvalue weighted by Crippen LogP contribution is -2.27. The van der Waals surface area contributed by atoms with Gasteiger partial charge in [-0.05, 0) is 42.8 Å². The van der Waals surface area contributed by atoms with Crippen molar-refractivity contribution in [3.8, 4) is 23.0 Å². The normalized spacial score (nSPS) is 17.1. The van der Waals surface area contributed by atoms with Gasteiger partial charge in [-0.25, -0.2) is 0 Å². The zero-order valence-electron chi connectivity index (χ0n) is 14.3. The van der Waals surface area contributed by atoms with Crippen LogP contribution in [-0.2, 0) is 4.79 Å². The monoisotopic (exact) mass is 401 g/mol. The number of fused-ring (bicyclic) bond motifs is 1. The Labute approximate surface area is 165 Å². The quantitative estimate of drug-likeness (QED) is 0.615. The van der Waals surface area contributed by atoms with E-state index in [1.54, 1.807) is 36.4 Å². The number of benzene rings is 2. The van der Waals surface area contributed by atoms with Crippen molar-refractivity contribution in [2.24, 2.45) is 0 Å². The number of amides is 1. The summed E-state index contributed by atoms with van der Waals surface area (Å²) in [5.41, 5.74) is 1.37. The van der Waals surface area contributed by atoms with Gasteiger partial charge in [-0.3, -0.25) is 9.69 Å². The molecule has 0 unspecified atom stereocenters. The second-order valence-corrected chi connectivity index (χ2v) is 7.39. The second-order valence-electron chi connectivity index (χ2n) is 5.71. The van der Waals surface area contributed by atoms with Crippen molar-refractivity contribution >= 4 is 46.0 Å². The zero-order valence-corrected chi connectivity index (χ0v) is 15.9. The van der Waals surface area contributed by atoms with Gasteiger partial charge in [0.1, 0.15) is 0 Å². The van der Waals surface area contributed by atoms with E-state index in [9.17, 15) is 9.90 Å². The summed E-state index contributed by atoms with van der Waals surface area (Å²) in [7, 11) is 0. The minimum absolute atomic E-state index is 0.0573. The third-order valence-corrected chi connectivity index (χ3v) is 5.29. The number of aromatic hydroxyl groups is 1. The number of rotatable bonds is 4. The highest BCUT2D eigenvalue weighted by molar-refractivity contribution is 8.27. The Morgan fingerprint density at radius 2 is 2.07 bits per heavy atom. The largest absolute Gasteiger partial charge is 0.504 e. The number of anilines is 1. The third-order valence-electron chi connectivity index (χ3n) is 3.99. The van der Waals surface area contributed by atoms with Crippen molar-refractivity contribution in [3.63, 3.8) is 0 Å². The molecular formula is C19H15NO5S2. The van der Waals surface area contributed by atoms with Crippen LogP contribution in [0.4, 0.5) is 5.69 Å². The van der Waals surface area contributed by atoms with E-state index in [0.29, 0.717) is 38.8 Å². The number of nitrogens with zero attached hydrogens (tertiary/aromatic N) is 1. The molecule has 2 heterocycles. The van der Waals surface area contributed by atoms with Crippen LogP contribution in [0.1, 0.15) is 12.5 Å². The van der Waals surface area contributed by atoms with Crippen LogP contribution in [-0.4, -0.2) is 28.7 Å². The molecule has 0 bridgehead atoms. The summed E-state index contributed by atoms with van der Waals surface area (Å²) in [6, 6.07) is 10.2. The lowest BCUT2D eigenvalue weighted by Gasteiger charge is -2.14. The summed E-state index contributed by atoms with van der Waals surface area (Å²) in [5.74, 6) is 1.45. The number of carbonyl (C=O) groups excluding carboxylic acids is 1. The van der Waals surface area contributed by atoms with Crippen molar-refractivity contribution in [1.82, 2.24) is 0 Å². The molecule has 0 spiro atoms. The molecule has 138 valence electrons. The summed E-state index contributed by atoms with van der Waals surface area (Å²) in [5, 5.41) is 9.82. The molecule has 0 aliphatic carbocycles. The van der Waals surface area contributed by atoms with E-state index in [-0.39, 0.29) is 18.4 Å². The zero-order chi connectivity index (χ0) is 19.0. The average Bonchev–Trinajstić information content (AvgIpc) is 3.22. The van der Waals surface area contributed by atoms with E-state index in [1.165, 1.54) is 22.7 Å². The summed E-state index contributed by atoms with van der Waals surface area (Å²) >= 11 is 6.62. The molecule has 4 rings (SSSR count). The van der Waals surface area contributed by atoms with Gasteiger partial charge in [0.15, 0.2) is 27.3 Å². The Hall–Kier alpha value is -2.71. The van der Waals surface area contributed by atoms with Crippen LogP contribution in [0.3, 0.4) is 0 Å². The van der Waals surface area contributed by atoms with Crippen molar-refractivity contribution in [1.29, 1.82) is 0 Å². The van der Waals surface area contributed by atoms with Crippen LogP contribution in [0, 0.1) is 0 Å². The number of thioether (sulfide) groups is 1. The molecule has 0 atom stereocenters. The number of hydrogen-bond acceptors (Lipinski definition) is 7. The minimum atomic E-state index is -0.213. The summed E-state index contributed by atoms with van der Waals surface area (Å²) in [6.07, 6.45) is 1.73. The maximum atomic E-state index is 12.9. The Balaban J connectivity index is 1.63. The summed E-state index contributed by atoms with van der Waals surface area (Å²) in [4.78, 5) is 14.9. The fraction of sp³-hybridized carbons (Fsp3) is 0.158. The van der Waals surface area contributed by atoms with Crippen LogP contribution in [0.15, 0.2) is 41.3 Å². The highest BCUT2D eigenvalue weighted by atomic mass is 32.2. The van der Waals surface area contributed by atoms with E-state index >= 15 is 0 Å². The molecule has 0 saturated carbocycles. The van der Waals surface area contributed by atoms with E-state index in [1.807, 2.05) is 6.92 Å². The van der Waals surface area contributed by atoms with E-state index in [4.69, 9.17) is 26.4 Å². The second kappa shape index (κ2) is 7.13. The highest BCUT2D eigenvalue weighted by Gasteiger charge is 2.34. The predicted molar refractivity (Wildman–Crippen MR) is 107 cm³/mol. The van der Waals surface area contributed by atoms with Gasteiger partial charge in [-0.1, -0.05) is 30.0 Å². The van der Waals surface area contributed by atoms with Crippen molar-refractivity contribution in [2.75, 3.05) is 18.3 Å². The van der Waals surface area contributed by atoms with E-state index in [0.717, 1.165) is 5.56 Å². The van der Waals surface area contributed by atoms with Crippen LogP contribution in [0.25, 0.3) is 6.08 Å². The van der Waals surface area contributed by atoms with Gasteiger partial charge in [0, 0.05) is 6.07 Å². The van der Waals surface area contributed by atoms with Crippen LogP contribution < -0.4 is 19.1 Å². The van der Waals surface area contributed by atoms with Crippen molar-refractivity contribution in [2.45, 2.75) is 6.92 Å². The SMILES string of the molecule is CCOc1cc(/C=C2\SC(=S)N(c3ccc4c(c3)OCO4)C2=O)ccc1O. The van der Waals surface area contributed by atoms with Crippen LogP contribution in [0.5, 0.6) is 23.0 Å². The maximum Gasteiger partial charge on any atom is 0.270 e. The van der Waals surface area contributed by atoms with Gasteiger partial charge in [0.25, 0.3) is 5.91 Å². The molecule has 1 fully saturated rings. The van der Waals surface area contributed by atoms with Crippen LogP contribution >= 0.6 is 24.0 Å². The predicted octanol–water partition coefficient (Wildman–Crippen LogP) is 3.93. The molecule has 1 amide bonds. The molecular weight excluding hydrogens is 386 g/mol. The fourth-order valence-electron chi connectivity index (χ4n) is 2.76. The molecule has 27 heavy (non-hydrogen) atoms. The number of phenols is 1. The van der Waals surface area contributed by atoms with Gasteiger partial charge in [0.05, 0.1) is 17.2 Å². The summed E-state index contributed by atoms with van der Waals surface area (Å²) < 4.78 is 16.5. The van der Waals surface area contributed by atoms with Crippen molar-refractivity contribution in [3.05, 3.63) is 46.9 Å².